The van der Waals surface area contributed by atoms with Crippen LogP contribution in [0.15, 0.2) is 41.1 Å². The lowest BCUT2D eigenvalue weighted by molar-refractivity contribution is -0.137. The summed E-state index contributed by atoms with van der Waals surface area (Å²) in [5, 5.41) is 0. The second-order valence-corrected chi connectivity index (χ2v) is 4.49. The fraction of sp³-hybridized carbons (Fsp3) is 0.0833. The highest BCUT2D eigenvalue weighted by atomic mass is 79.9. The molecule has 0 atom stereocenters. The Bertz CT molecular complexity index is 582. The van der Waals surface area contributed by atoms with E-state index in [2.05, 4.69) is 20.9 Å². The molecule has 0 unspecified atom stereocenters. The largest absolute Gasteiger partial charge is 0.416 e. The Balaban J connectivity index is 2.55. The Hall–Kier alpha value is -1.56. The van der Waals surface area contributed by atoms with Gasteiger partial charge in [0, 0.05) is 5.56 Å². The van der Waals surface area contributed by atoms with Gasteiger partial charge in [-0.15, -0.1) is 0 Å². The Morgan fingerprint density at radius 1 is 1.17 bits per heavy atom. The summed E-state index contributed by atoms with van der Waals surface area (Å²) in [6, 6.07) is 6.61. The van der Waals surface area contributed by atoms with Crippen molar-refractivity contribution in [1.82, 2.24) is 4.98 Å². The van der Waals surface area contributed by atoms with Gasteiger partial charge in [0.25, 0.3) is 0 Å². The van der Waals surface area contributed by atoms with Crippen LogP contribution in [0.5, 0.6) is 0 Å². The maximum atomic E-state index is 12.6. The molecule has 0 aliphatic carbocycles. The lowest BCUT2D eigenvalue weighted by Crippen LogP contribution is -2.04. The molecule has 18 heavy (non-hydrogen) atoms. The summed E-state index contributed by atoms with van der Waals surface area (Å²) in [6.45, 7) is 0. The van der Waals surface area contributed by atoms with E-state index in [4.69, 9.17) is 5.73 Å². The quantitative estimate of drug-likeness (QED) is 0.804. The van der Waals surface area contributed by atoms with Crippen LogP contribution < -0.4 is 5.73 Å². The van der Waals surface area contributed by atoms with E-state index in [0.29, 0.717) is 21.4 Å². The Morgan fingerprint density at radius 3 is 2.56 bits per heavy atom. The smallest absolute Gasteiger partial charge is 0.397 e. The third kappa shape index (κ3) is 2.64. The molecule has 0 aliphatic heterocycles. The molecule has 2 N–H and O–H groups in total. The maximum absolute atomic E-state index is 12.6. The van der Waals surface area contributed by atoms with Gasteiger partial charge in [0.15, 0.2) is 0 Å². The summed E-state index contributed by atoms with van der Waals surface area (Å²) >= 11 is 3.16. The highest BCUT2D eigenvalue weighted by molar-refractivity contribution is 9.10. The third-order valence-corrected chi connectivity index (χ3v) is 2.84. The van der Waals surface area contributed by atoms with Crippen LogP contribution in [-0.4, -0.2) is 4.98 Å². The minimum absolute atomic E-state index is 0.331. The summed E-state index contributed by atoms with van der Waals surface area (Å²) in [5.74, 6) is 0. The number of hydrogen-bond acceptors (Lipinski definition) is 2. The Morgan fingerprint density at radius 2 is 1.89 bits per heavy atom. The molecule has 1 aromatic heterocycles. The van der Waals surface area contributed by atoms with Crippen LogP contribution >= 0.6 is 15.9 Å². The number of anilines is 1. The fourth-order valence-electron chi connectivity index (χ4n) is 1.55. The number of pyridine rings is 1. The first-order chi connectivity index (χ1) is 8.38. The normalized spacial score (nSPS) is 11.6. The number of alkyl halides is 3. The Labute approximate surface area is 110 Å². The molecular weight excluding hydrogens is 309 g/mol. The van der Waals surface area contributed by atoms with Gasteiger partial charge in [0.1, 0.15) is 4.60 Å². The van der Waals surface area contributed by atoms with Crippen LogP contribution in [0, 0.1) is 0 Å². The van der Waals surface area contributed by atoms with Crippen molar-refractivity contribution in [1.29, 1.82) is 0 Å². The minimum Gasteiger partial charge on any atom is -0.397 e. The lowest BCUT2D eigenvalue weighted by atomic mass is 10.0. The molecule has 94 valence electrons. The molecular formula is C12H8BrF3N2. The van der Waals surface area contributed by atoms with Crippen LogP contribution in [0.25, 0.3) is 11.1 Å². The second-order valence-electron chi connectivity index (χ2n) is 3.67. The molecule has 0 spiro atoms. The zero-order valence-electron chi connectivity index (χ0n) is 9.00. The van der Waals surface area contributed by atoms with E-state index in [1.807, 2.05) is 0 Å². The van der Waals surface area contributed by atoms with E-state index in [0.717, 1.165) is 12.1 Å². The van der Waals surface area contributed by atoms with E-state index in [1.165, 1.54) is 12.3 Å². The SMILES string of the molecule is Nc1cnc(Br)cc1-c1cccc(C(F)(F)F)c1. The summed E-state index contributed by atoms with van der Waals surface area (Å²) in [6.07, 6.45) is -2.96. The van der Waals surface area contributed by atoms with Gasteiger partial charge >= 0.3 is 6.18 Å². The summed E-state index contributed by atoms with van der Waals surface area (Å²) in [5.41, 5.74) is 6.27. The van der Waals surface area contributed by atoms with Crippen LogP contribution in [0.4, 0.5) is 18.9 Å². The van der Waals surface area contributed by atoms with Crippen LogP contribution in [0.1, 0.15) is 5.56 Å². The number of nitrogens with two attached hydrogens (primary N) is 1. The predicted molar refractivity (Wildman–Crippen MR) is 66.8 cm³/mol. The first-order valence-electron chi connectivity index (χ1n) is 4.96. The average Bonchev–Trinajstić information content (AvgIpc) is 2.31. The molecule has 1 heterocycles. The monoisotopic (exact) mass is 316 g/mol. The molecule has 0 fully saturated rings. The van der Waals surface area contributed by atoms with E-state index >= 15 is 0 Å². The average molecular weight is 317 g/mol. The first kappa shape index (κ1) is 12.9. The molecule has 1 aromatic carbocycles. The summed E-state index contributed by atoms with van der Waals surface area (Å²) in [4.78, 5) is 3.91. The van der Waals surface area contributed by atoms with Crippen LogP contribution in [0.3, 0.4) is 0 Å². The summed E-state index contributed by atoms with van der Waals surface area (Å²) < 4.78 is 38.3. The van der Waals surface area contributed by atoms with Crippen molar-refractivity contribution < 1.29 is 13.2 Å². The maximum Gasteiger partial charge on any atom is 0.416 e. The zero-order chi connectivity index (χ0) is 13.3. The van der Waals surface area contributed by atoms with E-state index in [-0.39, 0.29) is 0 Å². The highest BCUT2D eigenvalue weighted by Gasteiger charge is 2.30. The van der Waals surface area contributed by atoms with Gasteiger partial charge in [-0.25, -0.2) is 4.98 Å². The van der Waals surface area contributed by atoms with Gasteiger partial charge in [0.05, 0.1) is 17.4 Å². The number of nitrogen functional groups attached to an aromatic ring is 1. The van der Waals surface area contributed by atoms with Crippen molar-refractivity contribution in [2.45, 2.75) is 6.18 Å². The second kappa shape index (κ2) is 4.61. The Kier molecular flexibility index (Phi) is 3.30. The fourth-order valence-corrected chi connectivity index (χ4v) is 1.88. The van der Waals surface area contributed by atoms with E-state index in [1.54, 1.807) is 12.1 Å². The van der Waals surface area contributed by atoms with E-state index in [9.17, 15) is 13.2 Å². The molecule has 6 heteroatoms. The number of halogens is 4. The first-order valence-corrected chi connectivity index (χ1v) is 5.76. The van der Waals surface area contributed by atoms with Crippen molar-refractivity contribution in [2.75, 3.05) is 5.73 Å². The van der Waals surface area contributed by atoms with Gasteiger partial charge in [-0.3, -0.25) is 0 Å². The van der Waals surface area contributed by atoms with Crippen molar-refractivity contribution in [3.8, 4) is 11.1 Å². The number of rotatable bonds is 1. The van der Waals surface area contributed by atoms with Crippen molar-refractivity contribution >= 4 is 21.6 Å². The van der Waals surface area contributed by atoms with Crippen molar-refractivity contribution in [3.05, 3.63) is 46.7 Å². The molecule has 0 aliphatic rings. The van der Waals surface area contributed by atoms with Gasteiger partial charge in [-0.2, -0.15) is 13.2 Å². The molecule has 2 nitrogen and oxygen atoms in total. The molecule has 0 saturated heterocycles. The van der Waals surface area contributed by atoms with Gasteiger partial charge in [-0.05, 0) is 39.7 Å². The minimum atomic E-state index is -4.37. The van der Waals surface area contributed by atoms with Crippen molar-refractivity contribution in [3.63, 3.8) is 0 Å². The molecule has 0 saturated carbocycles. The number of nitrogens with zero attached hydrogens (tertiary/aromatic N) is 1. The highest BCUT2D eigenvalue weighted by Crippen LogP contribution is 2.34. The van der Waals surface area contributed by atoms with Crippen LogP contribution in [0.2, 0.25) is 0 Å². The topological polar surface area (TPSA) is 38.9 Å². The predicted octanol–water partition coefficient (Wildman–Crippen LogP) is 4.11. The molecule has 0 amide bonds. The van der Waals surface area contributed by atoms with Gasteiger partial charge < -0.3 is 5.73 Å². The molecule has 2 aromatic rings. The number of benzene rings is 1. The lowest BCUT2D eigenvalue weighted by Gasteiger charge is -2.10. The number of aromatic nitrogens is 1. The van der Waals surface area contributed by atoms with Gasteiger partial charge in [-0.1, -0.05) is 12.1 Å². The van der Waals surface area contributed by atoms with E-state index < -0.39 is 11.7 Å². The standard InChI is InChI=1S/C12H8BrF3N2/c13-11-5-9(10(17)6-18-11)7-2-1-3-8(4-7)12(14,15)16/h1-6H,17H2. The molecule has 0 bridgehead atoms. The van der Waals surface area contributed by atoms with Crippen LogP contribution in [-0.2, 0) is 6.18 Å². The number of hydrogen-bond donors (Lipinski definition) is 1. The summed E-state index contributed by atoms with van der Waals surface area (Å²) in [7, 11) is 0. The zero-order valence-corrected chi connectivity index (χ0v) is 10.6. The molecule has 0 radical (unpaired) electrons. The van der Waals surface area contributed by atoms with Gasteiger partial charge in [0.2, 0.25) is 0 Å². The van der Waals surface area contributed by atoms with Crippen molar-refractivity contribution in [2.24, 2.45) is 0 Å². The third-order valence-electron chi connectivity index (χ3n) is 2.40. The molecule has 2 rings (SSSR count).